The van der Waals surface area contributed by atoms with Gasteiger partial charge >= 0.3 is 93.1 Å². The summed E-state index contributed by atoms with van der Waals surface area (Å²) >= 11 is 0.507. The Kier molecular flexibility index (Phi) is 3.20. The van der Waals surface area contributed by atoms with Crippen molar-refractivity contribution in [1.29, 1.82) is 0 Å². The Morgan fingerprint density at radius 3 is 2.46 bits per heavy atom. The van der Waals surface area contributed by atoms with Crippen LogP contribution in [0.3, 0.4) is 0 Å². The number of aromatic hydroxyl groups is 1. The standard InChI is InChI=1S/C6H5O5S.Na/c7-5-1-3-6(4-2-5)11-12(8,9)10;/h1-3,7H,(H,8,9,10);. The van der Waals surface area contributed by atoms with Gasteiger partial charge in [0.15, 0.2) is 0 Å². The Morgan fingerprint density at radius 2 is 2.00 bits per heavy atom. The molecule has 66 valence electrons. The zero-order chi connectivity index (χ0) is 10.1. The van der Waals surface area contributed by atoms with Crippen molar-refractivity contribution in [3.8, 4) is 11.5 Å². The van der Waals surface area contributed by atoms with E-state index in [0.29, 0.717) is 30.7 Å². The molecule has 0 aliphatic heterocycles. The van der Waals surface area contributed by atoms with Gasteiger partial charge in [0, 0.05) is 0 Å². The van der Waals surface area contributed by atoms with Crippen LogP contribution in [-0.4, -0.2) is 46.0 Å². The van der Waals surface area contributed by atoms with Crippen molar-refractivity contribution in [2.75, 3.05) is 0 Å². The van der Waals surface area contributed by atoms with Gasteiger partial charge in [0.1, 0.15) is 0 Å². The molecule has 0 atom stereocenters. The molecule has 7 heteroatoms. The van der Waals surface area contributed by atoms with Crippen molar-refractivity contribution < 1.29 is 22.3 Å². The van der Waals surface area contributed by atoms with E-state index in [-0.39, 0.29) is 11.5 Å². The number of phenols is 1. The Balaban J connectivity index is 3.04. The van der Waals surface area contributed by atoms with E-state index >= 15 is 0 Å². The summed E-state index contributed by atoms with van der Waals surface area (Å²) in [5.41, 5.74) is 0. The molecule has 2 N–H and O–H groups in total. The first-order valence-corrected chi connectivity index (χ1v) is 5.71. The van der Waals surface area contributed by atoms with E-state index in [1.165, 1.54) is 18.2 Å². The fourth-order valence-electron chi connectivity index (χ4n) is 0.841. The van der Waals surface area contributed by atoms with Gasteiger partial charge in [-0.05, 0) is 0 Å². The Morgan fingerprint density at radius 1 is 1.38 bits per heavy atom. The molecule has 0 aliphatic carbocycles. The molecular formula is C6H5NaO5S. The fourth-order valence-corrected chi connectivity index (χ4v) is 1.97. The number of rotatable bonds is 2. The van der Waals surface area contributed by atoms with Crippen LogP contribution in [-0.2, 0) is 10.4 Å². The summed E-state index contributed by atoms with van der Waals surface area (Å²) in [6.45, 7) is 0. The second-order valence-corrected chi connectivity index (χ2v) is 4.56. The second-order valence-electron chi connectivity index (χ2n) is 2.46. The van der Waals surface area contributed by atoms with Gasteiger partial charge in [-0.2, -0.15) is 0 Å². The first-order valence-electron chi connectivity index (χ1n) is 3.35. The molecular weight excluding hydrogens is 207 g/mol. The van der Waals surface area contributed by atoms with Crippen LogP contribution in [0.5, 0.6) is 11.5 Å². The molecule has 0 aliphatic rings. The molecule has 13 heavy (non-hydrogen) atoms. The first-order chi connectivity index (χ1) is 5.88. The van der Waals surface area contributed by atoms with Crippen molar-refractivity contribution in [2.24, 2.45) is 0 Å². The molecule has 0 bridgehead atoms. The summed E-state index contributed by atoms with van der Waals surface area (Å²) in [5, 5.41) is 8.99. The summed E-state index contributed by atoms with van der Waals surface area (Å²) in [4.78, 5) is 0. The topological polar surface area (TPSA) is 83.8 Å². The molecule has 1 aromatic rings. The van der Waals surface area contributed by atoms with Crippen molar-refractivity contribution in [2.45, 2.75) is 0 Å². The molecule has 0 saturated carbocycles. The normalized spacial score (nSPS) is 11.3. The minimum absolute atomic E-state index is 0.0349. The minimum atomic E-state index is -4.47. The van der Waals surface area contributed by atoms with Crippen molar-refractivity contribution in [3.05, 3.63) is 18.2 Å². The van der Waals surface area contributed by atoms with Crippen LogP contribution in [0.25, 0.3) is 0 Å². The van der Waals surface area contributed by atoms with Crippen LogP contribution < -0.4 is 7.00 Å². The van der Waals surface area contributed by atoms with E-state index in [9.17, 15) is 8.42 Å². The Hall–Kier alpha value is -0.270. The summed E-state index contributed by atoms with van der Waals surface area (Å²) < 4.78 is 33.8. The van der Waals surface area contributed by atoms with Crippen molar-refractivity contribution in [1.82, 2.24) is 0 Å². The van der Waals surface area contributed by atoms with Crippen LogP contribution in [0, 0.1) is 0 Å². The quantitative estimate of drug-likeness (QED) is 0.503. The molecule has 0 spiro atoms. The third-order valence-corrected chi connectivity index (χ3v) is 2.53. The summed E-state index contributed by atoms with van der Waals surface area (Å²) in [7, 11) is -4.47. The fraction of sp³-hybridized carbons (Fsp3) is 0. The predicted octanol–water partition coefficient (Wildman–Crippen LogP) is -0.632. The van der Waals surface area contributed by atoms with E-state index in [1.807, 2.05) is 0 Å². The van der Waals surface area contributed by atoms with Crippen LogP contribution in [0.2, 0.25) is 0 Å². The average Bonchev–Trinajstić information content (AvgIpc) is 1.93. The first kappa shape index (κ1) is 10.8. The molecule has 0 fully saturated rings. The van der Waals surface area contributed by atoms with E-state index in [2.05, 4.69) is 4.18 Å². The summed E-state index contributed by atoms with van der Waals surface area (Å²) in [5.74, 6) is 0.0830. The van der Waals surface area contributed by atoms with Gasteiger partial charge in [-0.3, -0.25) is 0 Å². The second kappa shape index (κ2) is 3.85. The molecule has 0 aromatic heterocycles. The van der Waals surface area contributed by atoms with Crippen LogP contribution in [0.15, 0.2) is 18.2 Å². The van der Waals surface area contributed by atoms with Gasteiger partial charge in [0.2, 0.25) is 0 Å². The van der Waals surface area contributed by atoms with Gasteiger partial charge in [-0.15, -0.1) is 0 Å². The van der Waals surface area contributed by atoms with E-state index in [0.717, 1.165) is 0 Å². The van der Waals surface area contributed by atoms with Gasteiger partial charge < -0.3 is 0 Å². The number of benzene rings is 1. The number of hydrogen-bond acceptors (Lipinski definition) is 4. The SMILES string of the molecule is O=S(=O)(O)Oc1ccc(O)c[c]1[Na]. The van der Waals surface area contributed by atoms with Crippen molar-refractivity contribution in [3.63, 3.8) is 0 Å². The summed E-state index contributed by atoms with van der Waals surface area (Å²) in [6, 6.07) is 3.94. The third-order valence-electron chi connectivity index (χ3n) is 1.35. The van der Waals surface area contributed by atoms with E-state index in [4.69, 9.17) is 9.66 Å². The Bertz CT molecular complexity index is 413. The van der Waals surface area contributed by atoms with Crippen LogP contribution in [0.4, 0.5) is 0 Å². The van der Waals surface area contributed by atoms with Gasteiger partial charge in [-0.25, -0.2) is 0 Å². The molecule has 5 nitrogen and oxygen atoms in total. The third kappa shape index (κ3) is 3.53. The van der Waals surface area contributed by atoms with Gasteiger partial charge in [0.05, 0.1) is 0 Å². The molecule has 0 radical (unpaired) electrons. The molecule has 1 rings (SSSR count). The zero-order valence-corrected chi connectivity index (χ0v) is 9.58. The number of hydrogen-bond donors (Lipinski definition) is 2. The molecule has 1 aromatic carbocycles. The maximum absolute atomic E-state index is 10.3. The average molecular weight is 212 g/mol. The number of phenolic OH excluding ortho intramolecular Hbond substituents is 1. The van der Waals surface area contributed by atoms with Gasteiger partial charge in [-0.1, -0.05) is 0 Å². The molecule has 0 saturated heterocycles. The van der Waals surface area contributed by atoms with E-state index in [1.54, 1.807) is 0 Å². The molecule has 0 amide bonds. The Labute approximate surface area is 92.7 Å². The zero-order valence-electron chi connectivity index (χ0n) is 6.76. The van der Waals surface area contributed by atoms with E-state index < -0.39 is 10.4 Å². The maximum atomic E-state index is 10.3. The summed E-state index contributed by atoms with van der Waals surface area (Å²) in [6.07, 6.45) is 0. The predicted molar refractivity (Wildman–Crippen MR) is 45.7 cm³/mol. The van der Waals surface area contributed by atoms with Crippen LogP contribution >= 0.6 is 0 Å². The molecule has 0 unspecified atom stereocenters. The monoisotopic (exact) mass is 212 g/mol. The molecule has 0 heterocycles. The van der Waals surface area contributed by atoms with Gasteiger partial charge in [0.25, 0.3) is 0 Å². The van der Waals surface area contributed by atoms with Crippen LogP contribution in [0.1, 0.15) is 0 Å². The van der Waals surface area contributed by atoms with Crippen molar-refractivity contribution >= 4 is 41.1 Å².